The van der Waals surface area contributed by atoms with Gasteiger partial charge in [0.2, 0.25) is 5.91 Å². The van der Waals surface area contributed by atoms with Crippen LogP contribution in [0.3, 0.4) is 0 Å². The minimum Gasteiger partial charge on any atom is -0.394 e. The molecule has 1 aromatic heterocycles. The molecule has 2 N–H and O–H groups in total. The number of amides is 1. The molecule has 0 aliphatic heterocycles. The first-order valence-electron chi connectivity index (χ1n) is 7.72. The van der Waals surface area contributed by atoms with Crippen molar-refractivity contribution in [2.24, 2.45) is 0 Å². The summed E-state index contributed by atoms with van der Waals surface area (Å²) in [6.45, 7) is -0.0235. The summed E-state index contributed by atoms with van der Waals surface area (Å²) in [5, 5.41) is 15.0. The van der Waals surface area contributed by atoms with Gasteiger partial charge in [0, 0.05) is 10.9 Å². The van der Waals surface area contributed by atoms with Crippen molar-refractivity contribution in [2.75, 3.05) is 6.61 Å². The van der Waals surface area contributed by atoms with Crippen molar-refractivity contribution in [1.29, 1.82) is 0 Å². The number of rotatable bonds is 5. The third-order valence-electron chi connectivity index (χ3n) is 4.23. The average Bonchev–Trinajstić information content (AvgIpc) is 3.17. The first kappa shape index (κ1) is 16.1. The molecule has 1 fully saturated rings. The summed E-state index contributed by atoms with van der Waals surface area (Å²) in [7, 11) is 0. The van der Waals surface area contributed by atoms with Crippen LogP contribution in [0.5, 0.6) is 0 Å². The van der Waals surface area contributed by atoms with E-state index in [1.165, 1.54) is 23.5 Å². The van der Waals surface area contributed by atoms with E-state index in [1.54, 1.807) is 12.1 Å². The van der Waals surface area contributed by atoms with Crippen molar-refractivity contribution >= 4 is 17.2 Å². The molecular weight excluding hydrogens is 315 g/mol. The molecule has 2 aromatic rings. The number of nitrogens with one attached hydrogen (secondary N) is 1. The molecule has 1 heterocycles. The summed E-state index contributed by atoms with van der Waals surface area (Å²) < 4.78 is 13.3. The fourth-order valence-electron chi connectivity index (χ4n) is 3.02. The molecule has 122 valence electrons. The molecule has 1 aliphatic rings. The van der Waals surface area contributed by atoms with Gasteiger partial charge >= 0.3 is 0 Å². The van der Waals surface area contributed by atoms with Crippen LogP contribution in [0.2, 0.25) is 0 Å². The highest BCUT2D eigenvalue weighted by Gasteiger charge is 2.34. The smallest absolute Gasteiger partial charge is 0.226 e. The molecule has 0 atom stereocenters. The Kier molecular flexibility index (Phi) is 4.73. The van der Waals surface area contributed by atoms with Gasteiger partial charge in [-0.1, -0.05) is 25.0 Å². The van der Waals surface area contributed by atoms with Crippen molar-refractivity contribution < 1.29 is 14.3 Å². The van der Waals surface area contributed by atoms with Gasteiger partial charge in [0.25, 0.3) is 0 Å². The van der Waals surface area contributed by atoms with Gasteiger partial charge in [-0.05, 0) is 25.0 Å². The summed E-state index contributed by atoms with van der Waals surface area (Å²) in [4.78, 5) is 16.6. The summed E-state index contributed by atoms with van der Waals surface area (Å²) in [5.41, 5.74) is 0.917. The van der Waals surface area contributed by atoms with Crippen LogP contribution in [0.15, 0.2) is 29.6 Å². The average molecular weight is 334 g/mol. The van der Waals surface area contributed by atoms with Gasteiger partial charge in [-0.15, -0.1) is 11.3 Å². The minimum atomic E-state index is -0.460. The number of aromatic nitrogens is 1. The van der Waals surface area contributed by atoms with Gasteiger partial charge in [-0.3, -0.25) is 4.79 Å². The lowest BCUT2D eigenvalue weighted by molar-refractivity contribution is -0.123. The van der Waals surface area contributed by atoms with Gasteiger partial charge in [0.1, 0.15) is 10.8 Å². The van der Waals surface area contributed by atoms with Crippen LogP contribution >= 0.6 is 11.3 Å². The van der Waals surface area contributed by atoms with Crippen molar-refractivity contribution in [3.63, 3.8) is 0 Å². The maximum atomic E-state index is 13.3. The van der Waals surface area contributed by atoms with E-state index in [2.05, 4.69) is 10.3 Å². The summed E-state index contributed by atoms with van der Waals surface area (Å²) in [5.74, 6) is -0.430. The molecule has 6 heteroatoms. The minimum absolute atomic E-state index is 0.0235. The number of nitrogens with zero attached hydrogens (tertiary/aromatic N) is 1. The first-order valence-corrected chi connectivity index (χ1v) is 8.60. The lowest BCUT2D eigenvalue weighted by Crippen LogP contribution is -2.49. The molecule has 0 unspecified atom stereocenters. The van der Waals surface area contributed by atoms with Gasteiger partial charge in [-0.25, -0.2) is 9.37 Å². The lowest BCUT2D eigenvalue weighted by atomic mass is 9.98. The molecule has 4 nitrogen and oxygen atoms in total. The molecule has 1 amide bonds. The molecule has 23 heavy (non-hydrogen) atoms. The number of hydrogen-bond donors (Lipinski definition) is 2. The van der Waals surface area contributed by atoms with E-state index in [0.717, 1.165) is 25.7 Å². The third kappa shape index (κ3) is 3.76. The van der Waals surface area contributed by atoms with Crippen LogP contribution in [-0.2, 0) is 11.2 Å². The Morgan fingerprint density at radius 1 is 1.39 bits per heavy atom. The molecule has 0 radical (unpaired) electrons. The zero-order valence-electron chi connectivity index (χ0n) is 12.7. The monoisotopic (exact) mass is 334 g/mol. The molecule has 3 rings (SSSR count). The number of aliphatic hydroxyl groups excluding tert-OH is 1. The van der Waals surface area contributed by atoms with Gasteiger partial charge < -0.3 is 10.4 Å². The molecule has 1 saturated carbocycles. The number of benzene rings is 1. The number of carbonyl (C=O) groups excluding carboxylic acids is 1. The van der Waals surface area contributed by atoms with E-state index in [1.807, 2.05) is 5.38 Å². The van der Waals surface area contributed by atoms with Crippen LogP contribution in [-0.4, -0.2) is 28.1 Å². The second-order valence-corrected chi connectivity index (χ2v) is 6.88. The van der Waals surface area contributed by atoms with Crippen molar-refractivity contribution in [2.45, 2.75) is 37.6 Å². The summed E-state index contributed by atoms with van der Waals surface area (Å²) in [6, 6.07) is 6.26. The Balaban J connectivity index is 1.66. The molecule has 0 bridgehead atoms. The van der Waals surface area contributed by atoms with E-state index in [4.69, 9.17) is 0 Å². The van der Waals surface area contributed by atoms with Gasteiger partial charge in [-0.2, -0.15) is 0 Å². The number of halogens is 1. The number of aliphatic hydroxyl groups is 1. The van der Waals surface area contributed by atoms with E-state index >= 15 is 0 Å². The highest BCUT2D eigenvalue weighted by Crippen LogP contribution is 2.29. The Labute approximate surface area is 138 Å². The Morgan fingerprint density at radius 2 is 2.17 bits per heavy atom. The second-order valence-electron chi connectivity index (χ2n) is 6.02. The van der Waals surface area contributed by atoms with Gasteiger partial charge in [0.05, 0.1) is 24.3 Å². The van der Waals surface area contributed by atoms with Crippen LogP contribution < -0.4 is 5.32 Å². The first-order chi connectivity index (χ1) is 11.1. The lowest BCUT2D eigenvalue weighted by Gasteiger charge is -2.27. The summed E-state index contributed by atoms with van der Waals surface area (Å²) in [6.07, 6.45) is 3.87. The largest absolute Gasteiger partial charge is 0.394 e. The fraction of sp³-hybridized carbons (Fsp3) is 0.412. The predicted molar refractivity (Wildman–Crippen MR) is 87.6 cm³/mol. The molecule has 0 spiro atoms. The predicted octanol–water partition coefficient (Wildman–Crippen LogP) is 2.91. The second kappa shape index (κ2) is 6.76. The van der Waals surface area contributed by atoms with E-state index in [9.17, 15) is 14.3 Å². The quantitative estimate of drug-likeness (QED) is 0.884. The maximum Gasteiger partial charge on any atom is 0.226 e. The van der Waals surface area contributed by atoms with Crippen LogP contribution in [0.4, 0.5) is 4.39 Å². The Morgan fingerprint density at radius 3 is 2.87 bits per heavy atom. The van der Waals surface area contributed by atoms with Crippen molar-refractivity contribution in [3.05, 3.63) is 41.2 Å². The fourth-order valence-corrected chi connectivity index (χ4v) is 3.84. The zero-order valence-corrected chi connectivity index (χ0v) is 13.5. The number of carbonyl (C=O) groups is 1. The van der Waals surface area contributed by atoms with E-state index < -0.39 is 5.54 Å². The highest BCUT2D eigenvalue weighted by atomic mass is 32.1. The molecule has 0 saturated heterocycles. The number of hydrogen-bond acceptors (Lipinski definition) is 4. The molecule has 1 aromatic carbocycles. The van der Waals surface area contributed by atoms with E-state index in [-0.39, 0.29) is 24.8 Å². The Bertz CT molecular complexity index is 695. The third-order valence-corrected chi connectivity index (χ3v) is 5.17. The molecular formula is C17H19FN2O2S. The van der Waals surface area contributed by atoms with Crippen LogP contribution in [0.1, 0.15) is 31.4 Å². The van der Waals surface area contributed by atoms with Crippen LogP contribution in [0, 0.1) is 5.82 Å². The standard InChI is InChI=1S/C17H19FN2O2S/c18-13-5-3-4-12(8-13)16-19-14(10-23-16)9-15(22)20-17(11-21)6-1-2-7-17/h3-5,8,10,21H,1-2,6-7,9,11H2,(H,20,22). The molecule has 1 aliphatic carbocycles. The van der Waals surface area contributed by atoms with Crippen molar-refractivity contribution in [3.8, 4) is 10.6 Å². The number of thiazole rings is 1. The highest BCUT2D eigenvalue weighted by molar-refractivity contribution is 7.13. The maximum absolute atomic E-state index is 13.3. The normalized spacial score (nSPS) is 16.4. The SMILES string of the molecule is O=C(Cc1csc(-c2cccc(F)c2)n1)NC1(CO)CCCC1. The van der Waals surface area contributed by atoms with Crippen LogP contribution in [0.25, 0.3) is 10.6 Å². The Hall–Kier alpha value is -1.79. The van der Waals surface area contributed by atoms with Gasteiger partial charge in [0.15, 0.2) is 0 Å². The van der Waals surface area contributed by atoms with E-state index in [0.29, 0.717) is 16.3 Å². The topological polar surface area (TPSA) is 62.2 Å². The zero-order chi connectivity index (χ0) is 16.3. The summed E-state index contributed by atoms with van der Waals surface area (Å²) >= 11 is 1.39. The van der Waals surface area contributed by atoms with Crippen molar-refractivity contribution in [1.82, 2.24) is 10.3 Å².